The van der Waals surface area contributed by atoms with E-state index >= 15 is 0 Å². The number of alkyl halides is 1. The first-order valence-electron chi connectivity index (χ1n) is 9.64. The van der Waals surface area contributed by atoms with Crippen LogP contribution in [0.5, 0.6) is 0 Å². The minimum atomic E-state index is -0.956. The maximum Gasteiger partial charge on any atom is 0.155 e. The summed E-state index contributed by atoms with van der Waals surface area (Å²) < 4.78 is 0. The van der Waals surface area contributed by atoms with Gasteiger partial charge in [-0.05, 0) is 67.8 Å². The van der Waals surface area contributed by atoms with E-state index in [1.165, 1.54) is 5.57 Å². The fourth-order valence-electron chi connectivity index (χ4n) is 6.72. The zero-order valence-electron chi connectivity index (χ0n) is 15.2. The third-order valence-corrected chi connectivity index (χ3v) is 9.71. The third kappa shape index (κ3) is 2.34. The van der Waals surface area contributed by atoms with Crippen molar-refractivity contribution in [2.24, 2.45) is 28.6 Å². The predicted molar refractivity (Wildman–Crippen MR) is 105 cm³/mol. The van der Waals surface area contributed by atoms with Gasteiger partial charge in [-0.15, -0.1) is 0 Å². The van der Waals surface area contributed by atoms with Gasteiger partial charge in [0.15, 0.2) is 5.78 Å². The van der Waals surface area contributed by atoms with E-state index in [0.717, 1.165) is 38.5 Å². The summed E-state index contributed by atoms with van der Waals surface area (Å²) in [4.78, 5) is 11.9. The molecule has 4 heteroatoms. The van der Waals surface area contributed by atoms with E-state index in [1.54, 1.807) is 0 Å². The van der Waals surface area contributed by atoms with Crippen molar-refractivity contribution in [3.05, 3.63) is 22.8 Å². The van der Waals surface area contributed by atoms with Gasteiger partial charge in [-0.1, -0.05) is 53.0 Å². The Morgan fingerprint density at radius 3 is 2.72 bits per heavy atom. The second-order valence-corrected chi connectivity index (χ2v) is 10.2. The number of fused-ring (bicyclic) bond motifs is 5. The van der Waals surface area contributed by atoms with E-state index in [9.17, 15) is 9.90 Å². The summed E-state index contributed by atoms with van der Waals surface area (Å²) in [5, 5.41) is 12.5. The molecule has 0 heterocycles. The second kappa shape index (κ2) is 5.94. The van der Waals surface area contributed by atoms with Gasteiger partial charge in [0.25, 0.3) is 0 Å². The number of rotatable bonds is 1. The van der Waals surface area contributed by atoms with Gasteiger partial charge in [0, 0.05) is 22.2 Å². The number of aliphatic hydroxyl groups is 1. The minimum Gasteiger partial charge on any atom is -0.383 e. The molecule has 2 fully saturated rings. The highest BCUT2D eigenvalue weighted by Crippen LogP contribution is 2.66. The van der Waals surface area contributed by atoms with Crippen LogP contribution in [0.15, 0.2) is 22.8 Å². The quantitative estimate of drug-likeness (QED) is 0.571. The zero-order valence-corrected chi connectivity index (χ0v) is 17.5. The first-order valence-corrected chi connectivity index (χ1v) is 11.1. The van der Waals surface area contributed by atoms with Crippen LogP contribution in [0, 0.1) is 28.6 Å². The van der Waals surface area contributed by atoms with Crippen LogP contribution < -0.4 is 0 Å². The van der Waals surface area contributed by atoms with Crippen LogP contribution >= 0.6 is 27.5 Å². The number of carbonyl (C=O) groups is 1. The molecule has 0 aliphatic heterocycles. The van der Waals surface area contributed by atoms with Gasteiger partial charge in [0.05, 0.1) is 0 Å². The number of halogens is 2. The monoisotopic (exact) mass is 426 g/mol. The number of carbonyl (C=O) groups excluding carboxylic acids is 1. The number of allylic oxidation sites excluding steroid dienone is 3. The van der Waals surface area contributed by atoms with Crippen molar-refractivity contribution in [1.29, 1.82) is 0 Å². The molecular formula is C21H28BrClO2. The Hall–Kier alpha value is -0.120. The molecule has 4 aliphatic rings. The largest absolute Gasteiger partial charge is 0.383 e. The first-order chi connectivity index (χ1) is 11.8. The Labute approximate surface area is 164 Å². The highest BCUT2D eigenvalue weighted by molar-refractivity contribution is 9.09. The van der Waals surface area contributed by atoms with Crippen molar-refractivity contribution in [3.8, 4) is 0 Å². The van der Waals surface area contributed by atoms with Gasteiger partial charge in [0.1, 0.15) is 5.60 Å². The molecular weight excluding hydrogens is 400 g/mol. The summed E-state index contributed by atoms with van der Waals surface area (Å²) >= 11 is 10.0. The lowest BCUT2D eigenvalue weighted by Gasteiger charge is -2.63. The third-order valence-electron chi connectivity index (χ3n) is 8.44. The highest BCUT2D eigenvalue weighted by atomic mass is 79.9. The lowest BCUT2D eigenvalue weighted by atomic mass is 9.43. The Kier molecular flexibility index (Phi) is 4.34. The highest BCUT2D eigenvalue weighted by Gasteiger charge is 2.62. The number of ketones is 1. The van der Waals surface area contributed by atoms with Crippen molar-refractivity contribution in [2.75, 3.05) is 5.33 Å². The Morgan fingerprint density at radius 1 is 1.24 bits per heavy atom. The van der Waals surface area contributed by atoms with Crippen molar-refractivity contribution < 1.29 is 9.90 Å². The molecule has 1 N–H and O–H groups in total. The van der Waals surface area contributed by atoms with Crippen molar-refractivity contribution in [3.63, 3.8) is 0 Å². The smallest absolute Gasteiger partial charge is 0.155 e. The molecule has 4 rings (SSSR count). The van der Waals surface area contributed by atoms with Gasteiger partial charge in [-0.25, -0.2) is 0 Å². The van der Waals surface area contributed by atoms with E-state index in [-0.39, 0.29) is 10.8 Å². The van der Waals surface area contributed by atoms with Gasteiger partial charge in [-0.3, -0.25) is 4.79 Å². The van der Waals surface area contributed by atoms with Crippen LogP contribution in [0.1, 0.15) is 58.8 Å². The van der Waals surface area contributed by atoms with Gasteiger partial charge in [0.2, 0.25) is 0 Å². The van der Waals surface area contributed by atoms with Crippen molar-refractivity contribution in [1.82, 2.24) is 0 Å². The van der Waals surface area contributed by atoms with Crippen LogP contribution in [0.4, 0.5) is 0 Å². The average molecular weight is 428 g/mol. The molecule has 0 saturated heterocycles. The summed E-state index contributed by atoms with van der Waals surface area (Å²) in [6.45, 7) is 4.65. The second-order valence-electron chi connectivity index (χ2n) is 9.21. The zero-order chi connectivity index (χ0) is 18.0. The van der Waals surface area contributed by atoms with E-state index in [0.29, 0.717) is 40.3 Å². The number of hydrogen-bond donors (Lipinski definition) is 1. The SMILES string of the molecule is C[C@]12CCC(=O)C=C1CC[C@@H]1[C@@H]2CC[C@@]2(C)[C@H]1CC=C(Cl)C2(O)CBr. The topological polar surface area (TPSA) is 37.3 Å². The molecule has 0 aromatic carbocycles. The van der Waals surface area contributed by atoms with Gasteiger partial charge in [-0.2, -0.15) is 0 Å². The van der Waals surface area contributed by atoms with Crippen LogP contribution in [0.25, 0.3) is 0 Å². The molecule has 0 aromatic rings. The fourth-order valence-corrected chi connectivity index (χ4v) is 8.19. The van der Waals surface area contributed by atoms with E-state index in [4.69, 9.17) is 11.6 Å². The molecule has 6 atom stereocenters. The van der Waals surface area contributed by atoms with Crippen LogP contribution in [-0.4, -0.2) is 21.8 Å². The molecule has 0 amide bonds. The van der Waals surface area contributed by atoms with E-state index in [2.05, 4.69) is 35.9 Å². The molecule has 0 spiro atoms. The number of hydrogen-bond acceptors (Lipinski definition) is 2. The lowest BCUT2D eigenvalue weighted by molar-refractivity contribution is -0.141. The predicted octanol–water partition coefficient (Wildman–Crippen LogP) is 5.38. The molecule has 0 bridgehead atoms. The normalized spacial score (nSPS) is 49.5. The van der Waals surface area contributed by atoms with E-state index < -0.39 is 5.60 Å². The maximum absolute atomic E-state index is 11.9. The lowest BCUT2D eigenvalue weighted by Crippen LogP contribution is -2.61. The average Bonchev–Trinajstić information content (AvgIpc) is 2.59. The summed E-state index contributed by atoms with van der Waals surface area (Å²) in [5.41, 5.74) is 0.442. The first kappa shape index (κ1) is 18.3. The van der Waals surface area contributed by atoms with Crippen molar-refractivity contribution >= 4 is 33.3 Å². The van der Waals surface area contributed by atoms with Crippen LogP contribution in [0.2, 0.25) is 0 Å². The fraction of sp³-hybridized carbons (Fsp3) is 0.762. The Balaban J connectivity index is 1.73. The summed E-state index contributed by atoms with van der Waals surface area (Å²) in [6, 6.07) is 0. The molecule has 0 aromatic heterocycles. The van der Waals surface area contributed by atoms with Crippen LogP contribution in [-0.2, 0) is 4.79 Å². The molecule has 138 valence electrons. The Morgan fingerprint density at radius 2 is 2.00 bits per heavy atom. The molecule has 0 radical (unpaired) electrons. The summed E-state index contributed by atoms with van der Waals surface area (Å²) in [6.07, 6.45) is 11.0. The molecule has 1 unspecified atom stereocenters. The maximum atomic E-state index is 11.9. The molecule has 4 aliphatic carbocycles. The van der Waals surface area contributed by atoms with Gasteiger partial charge < -0.3 is 5.11 Å². The molecule has 2 nitrogen and oxygen atoms in total. The Bertz CT molecular complexity index is 671. The molecule has 2 saturated carbocycles. The summed E-state index contributed by atoms with van der Waals surface area (Å²) in [5.74, 6) is 2.02. The van der Waals surface area contributed by atoms with Crippen molar-refractivity contribution in [2.45, 2.75) is 64.4 Å². The molecule has 25 heavy (non-hydrogen) atoms. The summed E-state index contributed by atoms with van der Waals surface area (Å²) in [7, 11) is 0. The van der Waals surface area contributed by atoms with Crippen LogP contribution in [0.3, 0.4) is 0 Å². The minimum absolute atomic E-state index is 0.175. The van der Waals surface area contributed by atoms with E-state index in [1.807, 2.05) is 6.08 Å². The van der Waals surface area contributed by atoms with Gasteiger partial charge >= 0.3 is 0 Å². The standard InChI is InChI=1S/C21H28BrClO2/c1-19-9-7-14(24)11-13(19)3-4-15-16(19)8-10-20(2)17(15)5-6-18(23)21(20,25)12-22/h6,11,15-17,25H,3-5,7-10,12H2,1-2H3/t15-,16+,17+,19+,20+,21?/m1/s1.